The number of rotatable bonds is 4. The first-order valence-corrected chi connectivity index (χ1v) is 14.1. The van der Waals surface area contributed by atoms with Gasteiger partial charge in [0.2, 0.25) is 5.39 Å². The molecule has 45 heavy (non-hydrogen) atoms. The highest BCUT2D eigenvalue weighted by molar-refractivity contribution is 6.50. The number of halogens is 4. The molecule has 0 amide bonds. The SMILES string of the molecule is Cc1ccc(N2C3=CCCCC3=C(c3ccccc3)C=C2c2ccccc2)cc1.F[B-](F)(F)F.N#[N+]c1ccc([N+](=O)[O-])cc1. The zero-order valence-electron chi connectivity index (χ0n) is 24.4. The van der Waals surface area contributed by atoms with Gasteiger partial charge in [0.05, 0.1) is 10.6 Å². The van der Waals surface area contributed by atoms with Gasteiger partial charge in [0, 0.05) is 35.6 Å². The van der Waals surface area contributed by atoms with Gasteiger partial charge in [-0.3, -0.25) is 10.1 Å². The van der Waals surface area contributed by atoms with Crippen molar-refractivity contribution in [3.63, 3.8) is 0 Å². The van der Waals surface area contributed by atoms with Crippen LogP contribution in [0.25, 0.3) is 16.2 Å². The van der Waals surface area contributed by atoms with Gasteiger partial charge < -0.3 is 22.2 Å². The summed E-state index contributed by atoms with van der Waals surface area (Å²) in [7, 11) is -6.00. The summed E-state index contributed by atoms with van der Waals surface area (Å²) in [6.45, 7) is 2.15. The molecule has 228 valence electrons. The zero-order chi connectivity index (χ0) is 32.4. The Morgan fingerprint density at radius 1 is 0.800 bits per heavy atom. The number of hydrogen-bond acceptors (Lipinski definition) is 4. The van der Waals surface area contributed by atoms with E-state index < -0.39 is 12.2 Å². The van der Waals surface area contributed by atoms with Gasteiger partial charge in [-0.05, 0) is 66.7 Å². The van der Waals surface area contributed by atoms with Gasteiger partial charge in [-0.2, -0.15) is 0 Å². The Hall–Kier alpha value is -5.50. The lowest BCUT2D eigenvalue weighted by atomic mass is 9.85. The minimum absolute atomic E-state index is 0.0163. The Kier molecular flexibility index (Phi) is 10.7. The Morgan fingerprint density at radius 2 is 1.36 bits per heavy atom. The van der Waals surface area contributed by atoms with Crippen LogP contribution in [0.3, 0.4) is 0 Å². The third kappa shape index (κ3) is 9.00. The lowest BCUT2D eigenvalue weighted by molar-refractivity contribution is -0.384. The molecule has 1 heterocycles. The van der Waals surface area contributed by atoms with E-state index >= 15 is 0 Å². The summed E-state index contributed by atoms with van der Waals surface area (Å²) < 4.78 is 39.0. The average Bonchev–Trinajstić information content (AvgIpc) is 3.05. The van der Waals surface area contributed by atoms with Crippen molar-refractivity contribution in [2.75, 3.05) is 4.90 Å². The fraction of sp³-hybridized carbons (Fsp3) is 0.118. The van der Waals surface area contributed by atoms with Crippen LogP contribution in [0.4, 0.5) is 34.3 Å². The van der Waals surface area contributed by atoms with Crippen molar-refractivity contribution >= 4 is 35.6 Å². The highest BCUT2D eigenvalue weighted by Crippen LogP contribution is 2.45. The van der Waals surface area contributed by atoms with Crippen LogP contribution < -0.4 is 4.90 Å². The molecule has 1 aliphatic carbocycles. The first-order chi connectivity index (χ1) is 21.5. The third-order valence-electron chi connectivity index (χ3n) is 6.99. The van der Waals surface area contributed by atoms with Gasteiger partial charge in [-0.25, -0.2) is 0 Å². The molecule has 1 aliphatic heterocycles. The smallest absolute Gasteiger partial charge is 0.418 e. The summed E-state index contributed by atoms with van der Waals surface area (Å²) in [5.41, 5.74) is 10.7. The molecule has 2 aliphatic rings. The minimum Gasteiger partial charge on any atom is -0.418 e. The number of nitro groups is 1. The molecule has 11 heteroatoms. The molecule has 0 aromatic heterocycles. The fourth-order valence-electron chi connectivity index (χ4n) is 5.00. The van der Waals surface area contributed by atoms with Crippen LogP contribution in [0.2, 0.25) is 0 Å². The number of diazo groups is 1. The van der Waals surface area contributed by atoms with Crippen LogP contribution >= 0.6 is 0 Å². The van der Waals surface area contributed by atoms with Gasteiger partial charge in [0.25, 0.3) is 5.69 Å². The number of aryl methyl sites for hydroxylation is 1. The summed E-state index contributed by atoms with van der Waals surface area (Å²) in [5.74, 6) is 0. The quantitative estimate of drug-likeness (QED) is 0.0756. The Bertz CT molecular complexity index is 1740. The van der Waals surface area contributed by atoms with E-state index in [2.05, 4.69) is 114 Å². The van der Waals surface area contributed by atoms with Crippen molar-refractivity contribution in [1.29, 1.82) is 5.39 Å². The molecule has 0 bridgehead atoms. The lowest BCUT2D eigenvalue weighted by Gasteiger charge is -2.38. The Labute approximate surface area is 258 Å². The number of nitro benzene ring substituents is 1. The van der Waals surface area contributed by atoms with Crippen LogP contribution in [-0.2, 0) is 0 Å². The third-order valence-corrected chi connectivity index (χ3v) is 6.99. The molecule has 0 saturated heterocycles. The van der Waals surface area contributed by atoms with E-state index in [9.17, 15) is 27.4 Å². The van der Waals surface area contributed by atoms with E-state index in [-0.39, 0.29) is 5.69 Å². The number of allylic oxidation sites excluding steroid dienone is 4. The van der Waals surface area contributed by atoms with Gasteiger partial charge in [0.15, 0.2) is 4.98 Å². The Balaban J connectivity index is 0.000000239. The minimum atomic E-state index is -6.00. The van der Waals surface area contributed by atoms with E-state index in [1.54, 1.807) is 0 Å². The standard InChI is InChI=1S/C28H25N.C6H4N3O2.BF4/c1-21-16-18-24(19-17-21)29-27-15-9-8-14-25(27)26(22-10-4-2-5-11-22)20-28(29)23-12-6-3-7-13-23;7-8-5-1-3-6(4-2-5)9(10)11;2-1(3,4)5/h2-7,10-13,15-20H,8-9,14H2,1H3;1-4H;/q;+1;-1. The number of fused-ring (bicyclic) bond motifs is 1. The zero-order valence-corrected chi connectivity index (χ0v) is 24.4. The number of nitrogens with zero attached hydrogens (tertiary/aromatic N) is 4. The lowest BCUT2D eigenvalue weighted by Crippen LogP contribution is -2.27. The molecule has 0 N–H and O–H groups in total. The molecule has 0 atom stereocenters. The second-order valence-electron chi connectivity index (χ2n) is 10.2. The maximum Gasteiger partial charge on any atom is 0.673 e. The number of benzene rings is 4. The highest BCUT2D eigenvalue weighted by atomic mass is 19.5. The summed E-state index contributed by atoms with van der Waals surface area (Å²) in [4.78, 5) is 14.9. The van der Waals surface area contributed by atoms with Gasteiger partial charge in [0.1, 0.15) is 0 Å². The molecule has 0 radical (unpaired) electrons. The van der Waals surface area contributed by atoms with Crippen LogP contribution in [0.15, 0.2) is 133 Å². The largest absolute Gasteiger partial charge is 0.673 e. The van der Waals surface area contributed by atoms with Crippen LogP contribution in [-0.4, -0.2) is 12.2 Å². The molecule has 0 saturated carbocycles. The van der Waals surface area contributed by atoms with Crippen LogP contribution in [0.1, 0.15) is 36.0 Å². The average molecular weight is 612 g/mol. The summed E-state index contributed by atoms with van der Waals surface area (Å²) in [5, 5.41) is 18.3. The van der Waals surface area contributed by atoms with Crippen LogP contribution in [0, 0.1) is 22.4 Å². The van der Waals surface area contributed by atoms with Gasteiger partial charge in [-0.1, -0.05) is 84.4 Å². The first-order valence-electron chi connectivity index (χ1n) is 14.1. The van der Waals surface area contributed by atoms with Crippen molar-refractivity contribution in [1.82, 2.24) is 0 Å². The molecule has 4 aromatic rings. The summed E-state index contributed by atoms with van der Waals surface area (Å²) in [6, 6.07) is 35.8. The molecule has 0 fully saturated rings. The van der Waals surface area contributed by atoms with Crippen molar-refractivity contribution < 1.29 is 22.2 Å². The first kappa shape index (κ1) is 32.4. The van der Waals surface area contributed by atoms with Crippen LogP contribution in [0.5, 0.6) is 0 Å². The van der Waals surface area contributed by atoms with Gasteiger partial charge in [-0.15, -0.1) is 0 Å². The van der Waals surface area contributed by atoms with E-state index in [0.717, 1.165) is 12.8 Å². The summed E-state index contributed by atoms with van der Waals surface area (Å²) in [6.07, 6.45) is 8.29. The highest BCUT2D eigenvalue weighted by Gasteiger charge is 2.29. The maximum absolute atomic E-state index is 10.1. The monoisotopic (exact) mass is 612 g/mol. The summed E-state index contributed by atoms with van der Waals surface area (Å²) >= 11 is 0. The van der Waals surface area contributed by atoms with E-state index in [1.165, 1.54) is 75.6 Å². The second kappa shape index (κ2) is 14.8. The normalized spacial score (nSPS) is 13.9. The number of non-ortho nitro benzene ring substituents is 1. The van der Waals surface area contributed by atoms with Crippen molar-refractivity contribution in [2.45, 2.75) is 26.2 Å². The molecular weight excluding hydrogens is 583 g/mol. The number of hydrogen-bond donors (Lipinski definition) is 0. The molecule has 6 rings (SSSR count). The fourth-order valence-corrected chi connectivity index (χ4v) is 5.00. The molecule has 6 nitrogen and oxygen atoms in total. The second-order valence-corrected chi connectivity index (χ2v) is 10.2. The maximum atomic E-state index is 10.1. The van der Waals surface area contributed by atoms with E-state index in [0.29, 0.717) is 5.69 Å². The molecule has 4 aromatic carbocycles. The van der Waals surface area contributed by atoms with E-state index in [1.807, 2.05) is 0 Å². The number of anilines is 1. The predicted octanol–water partition coefficient (Wildman–Crippen LogP) is 10.8. The van der Waals surface area contributed by atoms with Gasteiger partial charge >= 0.3 is 12.9 Å². The molecule has 0 spiro atoms. The van der Waals surface area contributed by atoms with Crippen molar-refractivity contribution in [3.05, 3.63) is 164 Å². The van der Waals surface area contributed by atoms with Crippen molar-refractivity contribution in [3.8, 4) is 0 Å². The van der Waals surface area contributed by atoms with E-state index in [4.69, 9.17) is 5.39 Å². The molecular formula is C34H29BF4N4O2. The topological polar surface area (TPSA) is 74.5 Å². The Morgan fingerprint density at radius 3 is 1.89 bits per heavy atom. The predicted molar refractivity (Wildman–Crippen MR) is 171 cm³/mol. The van der Waals surface area contributed by atoms with Crippen molar-refractivity contribution in [2.24, 2.45) is 0 Å². The molecule has 0 unspecified atom stereocenters.